The number of amides is 1. The zero-order chi connectivity index (χ0) is 23.2. The van der Waals surface area contributed by atoms with Gasteiger partial charge in [-0.05, 0) is 73.2 Å². The second-order valence-corrected chi connectivity index (χ2v) is 9.16. The van der Waals surface area contributed by atoms with Crippen molar-refractivity contribution in [2.75, 3.05) is 12.0 Å². The molecule has 3 aromatic rings. The Morgan fingerprint density at radius 3 is 2.47 bits per heavy atom. The minimum Gasteiger partial charge on any atom is -0.507 e. The number of ketones is 1. The van der Waals surface area contributed by atoms with Gasteiger partial charge in [-0.25, -0.2) is 0 Å². The van der Waals surface area contributed by atoms with Gasteiger partial charge < -0.3 is 9.84 Å². The van der Waals surface area contributed by atoms with E-state index in [4.69, 9.17) is 16.3 Å². The number of aliphatic hydroxyl groups excluding tert-OH is 1. The molecule has 1 saturated heterocycles. The van der Waals surface area contributed by atoms with Crippen LogP contribution in [0.5, 0.6) is 5.75 Å². The Hall–Kier alpha value is -3.09. The first-order valence-corrected chi connectivity index (χ1v) is 11.3. The summed E-state index contributed by atoms with van der Waals surface area (Å²) in [4.78, 5) is 28.8. The largest absolute Gasteiger partial charge is 0.507 e. The molecule has 1 fully saturated rings. The van der Waals surface area contributed by atoms with Gasteiger partial charge in [0.2, 0.25) is 0 Å². The summed E-state index contributed by atoms with van der Waals surface area (Å²) in [5, 5.41) is 13.6. The SMILES string of the molecule is COc1c(Cl)cc(C)cc1/C(O)=C1\C(=O)C(=O)N(c2cccc(C)c2)C1c1sccc1C. The number of benzene rings is 2. The predicted molar refractivity (Wildman–Crippen MR) is 128 cm³/mol. The molecule has 4 rings (SSSR count). The smallest absolute Gasteiger partial charge is 0.300 e. The predicted octanol–water partition coefficient (Wildman–Crippen LogP) is 5.96. The highest BCUT2D eigenvalue weighted by Crippen LogP contribution is 2.46. The minimum absolute atomic E-state index is 0.0158. The highest BCUT2D eigenvalue weighted by Gasteiger charge is 2.48. The van der Waals surface area contributed by atoms with E-state index in [1.807, 2.05) is 50.4 Å². The summed E-state index contributed by atoms with van der Waals surface area (Å²) in [5.41, 5.74) is 3.56. The molecule has 1 aliphatic heterocycles. The van der Waals surface area contributed by atoms with Crippen LogP contribution in [0.1, 0.15) is 33.2 Å². The van der Waals surface area contributed by atoms with Crippen LogP contribution in [0.2, 0.25) is 5.02 Å². The number of carbonyl (C=O) groups excluding carboxylic acids is 2. The lowest BCUT2D eigenvalue weighted by molar-refractivity contribution is -0.132. The van der Waals surface area contributed by atoms with E-state index in [-0.39, 0.29) is 22.6 Å². The first-order valence-electron chi connectivity index (χ1n) is 10.0. The molecular weight excluding hydrogens is 446 g/mol. The minimum atomic E-state index is -0.763. The van der Waals surface area contributed by atoms with E-state index in [0.29, 0.717) is 10.7 Å². The van der Waals surface area contributed by atoms with E-state index in [1.54, 1.807) is 18.2 Å². The third-order valence-electron chi connectivity index (χ3n) is 5.52. The number of Topliss-reactive ketones (excluding diaryl/α,β-unsaturated/α-hetero) is 1. The molecule has 2 heterocycles. The number of aliphatic hydroxyl groups is 1. The standard InChI is InChI=1S/C25H22ClNO4S/c1-13-6-5-7-16(10-13)27-20(24-15(3)8-9-32-24)19(22(29)25(27)30)21(28)17-11-14(2)12-18(26)23(17)31-4/h5-12,20,28H,1-4H3/b21-19+. The van der Waals surface area contributed by atoms with Gasteiger partial charge in [0.05, 0.1) is 23.3 Å². The van der Waals surface area contributed by atoms with Gasteiger partial charge in [-0.3, -0.25) is 14.5 Å². The van der Waals surface area contributed by atoms with Crippen molar-refractivity contribution in [3.63, 3.8) is 0 Å². The van der Waals surface area contributed by atoms with Crippen LogP contribution in [0.3, 0.4) is 0 Å². The third kappa shape index (κ3) is 3.59. The summed E-state index contributed by atoms with van der Waals surface area (Å²) in [5.74, 6) is -1.49. The second-order valence-electron chi connectivity index (χ2n) is 7.80. The van der Waals surface area contributed by atoms with Gasteiger partial charge in [-0.1, -0.05) is 23.7 Å². The molecule has 0 saturated carbocycles. The Morgan fingerprint density at radius 1 is 1.09 bits per heavy atom. The van der Waals surface area contributed by atoms with Crippen molar-refractivity contribution in [2.45, 2.75) is 26.8 Å². The second kappa shape index (κ2) is 8.45. The van der Waals surface area contributed by atoms with Gasteiger partial charge in [-0.2, -0.15) is 0 Å². The number of thiophene rings is 1. The number of methoxy groups -OCH3 is 1. The number of halogens is 1. The molecule has 32 heavy (non-hydrogen) atoms. The maximum absolute atomic E-state index is 13.3. The molecule has 1 unspecified atom stereocenters. The van der Waals surface area contributed by atoms with Crippen LogP contribution in [0.15, 0.2) is 53.4 Å². The molecular formula is C25H22ClNO4S. The van der Waals surface area contributed by atoms with Gasteiger partial charge in [0, 0.05) is 10.6 Å². The lowest BCUT2D eigenvalue weighted by atomic mass is 9.97. The van der Waals surface area contributed by atoms with Gasteiger partial charge in [-0.15, -0.1) is 11.3 Å². The van der Waals surface area contributed by atoms with E-state index in [1.165, 1.54) is 23.3 Å². The van der Waals surface area contributed by atoms with Crippen LogP contribution >= 0.6 is 22.9 Å². The molecule has 164 valence electrons. The maximum atomic E-state index is 13.3. The Balaban J connectivity index is 2.02. The molecule has 0 radical (unpaired) electrons. The Labute approximate surface area is 195 Å². The van der Waals surface area contributed by atoms with Crippen molar-refractivity contribution < 1.29 is 19.4 Å². The number of nitrogens with zero attached hydrogens (tertiary/aromatic N) is 1. The number of aryl methyl sites for hydroxylation is 3. The fourth-order valence-corrected chi connectivity index (χ4v) is 5.42. The van der Waals surface area contributed by atoms with Crippen molar-refractivity contribution >= 4 is 46.1 Å². The maximum Gasteiger partial charge on any atom is 0.300 e. The van der Waals surface area contributed by atoms with Gasteiger partial charge in [0.15, 0.2) is 0 Å². The molecule has 0 aliphatic carbocycles. The fourth-order valence-electron chi connectivity index (χ4n) is 4.05. The van der Waals surface area contributed by atoms with E-state index in [2.05, 4.69) is 0 Å². The topological polar surface area (TPSA) is 66.8 Å². The fraction of sp³-hybridized carbons (Fsp3) is 0.200. The number of hydrogen-bond acceptors (Lipinski definition) is 5. The highest BCUT2D eigenvalue weighted by molar-refractivity contribution is 7.10. The number of carbonyl (C=O) groups is 2. The van der Waals surface area contributed by atoms with Crippen LogP contribution < -0.4 is 9.64 Å². The summed E-state index contributed by atoms with van der Waals surface area (Å²) in [6.07, 6.45) is 0. The molecule has 0 bridgehead atoms. The molecule has 0 spiro atoms. The molecule has 1 N–H and O–H groups in total. The summed E-state index contributed by atoms with van der Waals surface area (Å²) >= 11 is 7.77. The molecule has 1 aromatic heterocycles. The molecule has 1 amide bonds. The van der Waals surface area contributed by atoms with Crippen LogP contribution in [0, 0.1) is 20.8 Å². The molecule has 5 nitrogen and oxygen atoms in total. The van der Waals surface area contributed by atoms with Gasteiger partial charge in [0.1, 0.15) is 17.6 Å². The Kier molecular flexibility index (Phi) is 5.84. The van der Waals surface area contributed by atoms with Crippen LogP contribution in [-0.2, 0) is 9.59 Å². The van der Waals surface area contributed by atoms with Crippen LogP contribution in [0.4, 0.5) is 5.69 Å². The summed E-state index contributed by atoms with van der Waals surface area (Å²) < 4.78 is 5.42. The number of ether oxygens (including phenoxy) is 1. The van der Waals surface area contributed by atoms with E-state index in [9.17, 15) is 14.7 Å². The Morgan fingerprint density at radius 2 is 1.84 bits per heavy atom. The average molecular weight is 468 g/mol. The zero-order valence-electron chi connectivity index (χ0n) is 18.1. The van der Waals surface area contributed by atoms with Crippen LogP contribution in [-0.4, -0.2) is 23.9 Å². The van der Waals surface area contributed by atoms with Crippen molar-refractivity contribution in [2.24, 2.45) is 0 Å². The van der Waals surface area contributed by atoms with E-state index in [0.717, 1.165) is 21.6 Å². The molecule has 1 atom stereocenters. The first kappa shape index (κ1) is 22.1. The third-order valence-corrected chi connectivity index (χ3v) is 6.87. The lowest BCUT2D eigenvalue weighted by Crippen LogP contribution is -2.29. The van der Waals surface area contributed by atoms with E-state index >= 15 is 0 Å². The van der Waals surface area contributed by atoms with Gasteiger partial charge >= 0.3 is 0 Å². The number of rotatable bonds is 4. The zero-order valence-corrected chi connectivity index (χ0v) is 19.7. The monoisotopic (exact) mass is 467 g/mol. The summed E-state index contributed by atoms with van der Waals surface area (Å²) in [7, 11) is 1.44. The quantitative estimate of drug-likeness (QED) is 0.292. The molecule has 2 aromatic carbocycles. The molecule has 1 aliphatic rings. The Bertz CT molecular complexity index is 1280. The number of hydrogen-bond donors (Lipinski definition) is 1. The number of anilines is 1. The van der Waals surface area contributed by atoms with Gasteiger partial charge in [0.25, 0.3) is 11.7 Å². The first-order chi connectivity index (χ1) is 15.2. The molecule has 7 heteroatoms. The summed E-state index contributed by atoms with van der Waals surface area (Å²) in [6.45, 7) is 5.67. The van der Waals surface area contributed by atoms with Crippen molar-refractivity contribution in [1.29, 1.82) is 0 Å². The highest BCUT2D eigenvalue weighted by atomic mass is 35.5. The summed E-state index contributed by atoms with van der Waals surface area (Å²) in [6, 6.07) is 12.0. The lowest BCUT2D eigenvalue weighted by Gasteiger charge is -2.25. The van der Waals surface area contributed by atoms with Crippen molar-refractivity contribution in [3.8, 4) is 5.75 Å². The van der Waals surface area contributed by atoms with Crippen molar-refractivity contribution in [1.82, 2.24) is 0 Å². The van der Waals surface area contributed by atoms with Crippen molar-refractivity contribution in [3.05, 3.63) is 85.6 Å². The van der Waals surface area contributed by atoms with E-state index < -0.39 is 17.7 Å². The normalized spacial score (nSPS) is 17.8. The van der Waals surface area contributed by atoms with Crippen LogP contribution in [0.25, 0.3) is 5.76 Å². The average Bonchev–Trinajstić information content (AvgIpc) is 3.27.